The topological polar surface area (TPSA) is 53.2 Å². The lowest BCUT2D eigenvalue weighted by Gasteiger charge is -2.17. The van der Waals surface area contributed by atoms with Gasteiger partial charge in [-0.2, -0.15) is 0 Å². The van der Waals surface area contributed by atoms with Crippen molar-refractivity contribution in [2.45, 2.75) is 40.2 Å². The van der Waals surface area contributed by atoms with Crippen molar-refractivity contribution in [1.82, 2.24) is 10.6 Å². The van der Waals surface area contributed by atoms with Crippen molar-refractivity contribution in [3.63, 3.8) is 0 Å². The lowest BCUT2D eigenvalue weighted by Crippen LogP contribution is -2.46. The summed E-state index contributed by atoms with van der Waals surface area (Å²) in [5, 5.41) is 9.35. The molecule has 4 nitrogen and oxygen atoms in total. The van der Waals surface area contributed by atoms with Gasteiger partial charge in [-0.3, -0.25) is 4.79 Å². The highest BCUT2D eigenvalue weighted by Gasteiger charge is 2.12. The summed E-state index contributed by atoms with van der Waals surface area (Å²) >= 11 is 5.22. The maximum atomic E-state index is 11.7. The molecule has 0 unspecified atom stereocenters. The second-order valence-electron chi connectivity index (χ2n) is 4.91. The van der Waals surface area contributed by atoms with Gasteiger partial charge in [0.25, 0.3) is 0 Å². The number of rotatable bonds is 5. The lowest BCUT2D eigenvalue weighted by atomic mass is 10.1. The fraction of sp³-hybridized carbons (Fsp3) is 0.467. The van der Waals surface area contributed by atoms with E-state index in [4.69, 9.17) is 12.2 Å². The maximum absolute atomic E-state index is 11.7. The van der Waals surface area contributed by atoms with Gasteiger partial charge in [0, 0.05) is 12.2 Å². The average molecular weight is 293 g/mol. The molecule has 0 aromatic heterocycles. The number of hydrogen-bond donors (Lipinski definition) is 3. The average Bonchev–Trinajstić information content (AvgIpc) is 2.40. The molecule has 5 heteroatoms. The van der Waals surface area contributed by atoms with E-state index in [2.05, 4.69) is 29.8 Å². The van der Waals surface area contributed by atoms with E-state index in [-0.39, 0.29) is 11.9 Å². The highest BCUT2D eigenvalue weighted by Crippen LogP contribution is 2.13. The van der Waals surface area contributed by atoms with Crippen LogP contribution in [-0.4, -0.2) is 23.6 Å². The van der Waals surface area contributed by atoms with E-state index < -0.39 is 0 Å². The molecule has 0 fully saturated rings. The van der Waals surface area contributed by atoms with Crippen LogP contribution in [0.25, 0.3) is 0 Å². The Morgan fingerprint density at radius 2 is 2.00 bits per heavy atom. The van der Waals surface area contributed by atoms with Crippen LogP contribution in [0.1, 0.15) is 31.4 Å². The Balaban J connectivity index is 2.50. The highest BCUT2D eigenvalue weighted by molar-refractivity contribution is 7.80. The molecule has 20 heavy (non-hydrogen) atoms. The summed E-state index contributed by atoms with van der Waals surface area (Å²) in [6, 6.07) is 5.69. The first-order valence-corrected chi connectivity index (χ1v) is 7.27. The predicted octanol–water partition coefficient (Wildman–Crippen LogP) is 2.50. The Bertz CT molecular complexity index is 488. The summed E-state index contributed by atoms with van der Waals surface area (Å²) in [7, 11) is 0. The third kappa shape index (κ3) is 5.17. The first-order valence-electron chi connectivity index (χ1n) is 6.86. The van der Waals surface area contributed by atoms with E-state index in [1.54, 1.807) is 6.92 Å². The normalized spacial score (nSPS) is 11.6. The standard InChI is InChI=1S/C15H23N3OS/c1-5-8-16-14(19)12(4)17-15(20)18-13-7-6-10(2)11(3)9-13/h6-7,9,12H,5,8H2,1-4H3,(H,16,19)(H2,17,18,20)/t12-/m0/s1. The number of benzene rings is 1. The molecule has 0 aliphatic rings. The number of anilines is 1. The largest absolute Gasteiger partial charge is 0.354 e. The Morgan fingerprint density at radius 1 is 1.30 bits per heavy atom. The van der Waals surface area contributed by atoms with Crippen LogP contribution >= 0.6 is 12.2 Å². The van der Waals surface area contributed by atoms with Gasteiger partial charge in [-0.25, -0.2) is 0 Å². The van der Waals surface area contributed by atoms with E-state index in [9.17, 15) is 4.79 Å². The molecule has 110 valence electrons. The van der Waals surface area contributed by atoms with Gasteiger partial charge >= 0.3 is 0 Å². The summed E-state index contributed by atoms with van der Waals surface area (Å²) in [5.74, 6) is -0.0453. The molecular weight excluding hydrogens is 270 g/mol. The van der Waals surface area contributed by atoms with Crippen LogP contribution in [0.2, 0.25) is 0 Å². The minimum atomic E-state index is -0.354. The van der Waals surface area contributed by atoms with Gasteiger partial charge in [-0.15, -0.1) is 0 Å². The van der Waals surface area contributed by atoms with Gasteiger partial charge < -0.3 is 16.0 Å². The summed E-state index contributed by atoms with van der Waals surface area (Å²) in [6.45, 7) is 8.61. The molecule has 1 aromatic carbocycles. The van der Waals surface area contributed by atoms with Crippen molar-refractivity contribution in [3.05, 3.63) is 29.3 Å². The third-order valence-electron chi connectivity index (χ3n) is 3.05. The van der Waals surface area contributed by atoms with Gasteiger partial charge in [0.2, 0.25) is 5.91 Å². The number of nitrogens with one attached hydrogen (secondary N) is 3. The van der Waals surface area contributed by atoms with Crippen molar-refractivity contribution >= 4 is 28.9 Å². The first-order chi connectivity index (χ1) is 9.43. The van der Waals surface area contributed by atoms with E-state index in [1.165, 1.54) is 11.1 Å². The van der Waals surface area contributed by atoms with Crippen molar-refractivity contribution < 1.29 is 4.79 Å². The number of hydrogen-bond acceptors (Lipinski definition) is 2. The Morgan fingerprint density at radius 3 is 2.60 bits per heavy atom. The van der Waals surface area contributed by atoms with Gasteiger partial charge in [-0.05, 0) is 62.7 Å². The SMILES string of the molecule is CCCNC(=O)[C@H](C)NC(=S)Nc1ccc(C)c(C)c1. The summed E-state index contributed by atoms with van der Waals surface area (Å²) in [4.78, 5) is 11.7. The maximum Gasteiger partial charge on any atom is 0.242 e. The van der Waals surface area contributed by atoms with Crippen molar-refractivity contribution in [2.24, 2.45) is 0 Å². The molecule has 0 saturated heterocycles. The fourth-order valence-corrected chi connectivity index (χ4v) is 1.94. The quantitative estimate of drug-likeness (QED) is 0.730. The van der Waals surface area contributed by atoms with Crippen molar-refractivity contribution in [3.8, 4) is 0 Å². The minimum absolute atomic E-state index is 0.0453. The molecule has 3 N–H and O–H groups in total. The van der Waals surface area contributed by atoms with Crippen LogP contribution in [0.4, 0.5) is 5.69 Å². The number of thiocarbonyl (C=S) groups is 1. The lowest BCUT2D eigenvalue weighted by molar-refractivity contribution is -0.122. The van der Waals surface area contributed by atoms with Gasteiger partial charge in [0.1, 0.15) is 6.04 Å². The van der Waals surface area contributed by atoms with Crippen LogP contribution in [0.5, 0.6) is 0 Å². The monoisotopic (exact) mass is 293 g/mol. The number of aryl methyl sites for hydroxylation is 2. The van der Waals surface area contributed by atoms with Gasteiger partial charge in [-0.1, -0.05) is 13.0 Å². The van der Waals surface area contributed by atoms with Crippen molar-refractivity contribution in [1.29, 1.82) is 0 Å². The molecule has 1 atom stereocenters. The molecule has 1 aromatic rings. The van der Waals surface area contributed by atoms with Crippen LogP contribution in [0.3, 0.4) is 0 Å². The Kier molecular flexibility index (Phi) is 6.45. The van der Waals surface area contributed by atoms with Crippen molar-refractivity contribution in [2.75, 3.05) is 11.9 Å². The molecule has 0 bridgehead atoms. The highest BCUT2D eigenvalue weighted by atomic mass is 32.1. The number of amides is 1. The molecule has 0 heterocycles. The van der Waals surface area contributed by atoms with Crippen LogP contribution in [0.15, 0.2) is 18.2 Å². The summed E-state index contributed by atoms with van der Waals surface area (Å²) < 4.78 is 0. The second-order valence-corrected chi connectivity index (χ2v) is 5.32. The predicted molar refractivity (Wildman–Crippen MR) is 88.0 cm³/mol. The molecule has 0 aliphatic carbocycles. The van der Waals surface area contributed by atoms with E-state index in [0.29, 0.717) is 11.7 Å². The van der Waals surface area contributed by atoms with Gasteiger partial charge in [0.15, 0.2) is 5.11 Å². The molecule has 1 rings (SSSR count). The first kappa shape index (κ1) is 16.4. The molecule has 0 aliphatic heterocycles. The minimum Gasteiger partial charge on any atom is -0.354 e. The zero-order valence-electron chi connectivity index (χ0n) is 12.5. The summed E-state index contributed by atoms with van der Waals surface area (Å²) in [5.41, 5.74) is 3.36. The van der Waals surface area contributed by atoms with Gasteiger partial charge in [0.05, 0.1) is 0 Å². The molecule has 1 amide bonds. The molecular formula is C15H23N3OS. The summed E-state index contributed by atoms with van der Waals surface area (Å²) in [6.07, 6.45) is 0.920. The Hall–Kier alpha value is -1.62. The smallest absolute Gasteiger partial charge is 0.242 e. The fourth-order valence-electron chi connectivity index (χ4n) is 1.65. The molecule has 0 radical (unpaired) electrons. The third-order valence-corrected chi connectivity index (χ3v) is 3.27. The number of carbonyl (C=O) groups is 1. The number of carbonyl (C=O) groups excluding carboxylic acids is 1. The van der Waals surface area contributed by atoms with Crippen LogP contribution in [0, 0.1) is 13.8 Å². The Labute approximate surface area is 126 Å². The van der Waals surface area contributed by atoms with E-state index in [1.807, 2.05) is 25.1 Å². The zero-order valence-corrected chi connectivity index (χ0v) is 13.4. The molecule has 0 spiro atoms. The molecule has 0 saturated carbocycles. The zero-order chi connectivity index (χ0) is 15.1. The van der Waals surface area contributed by atoms with Crippen LogP contribution < -0.4 is 16.0 Å². The second kappa shape index (κ2) is 7.85. The van der Waals surface area contributed by atoms with E-state index in [0.717, 1.165) is 12.1 Å². The van der Waals surface area contributed by atoms with E-state index >= 15 is 0 Å². The van der Waals surface area contributed by atoms with Crippen LogP contribution in [-0.2, 0) is 4.79 Å².